The molecule has 1 atom stereocenters. The average molecular weight is 380 g/mol. The van der Waals surface area contributed by atoms with E-state index in [9.17, 15) is 13.2 Å². The van der Waals surface area contributed by atoms with Gasteiger partial charge in [-0.15, -0.1) is 0 Å². The van der Waals surface area contributed by atoms with Crippen molar-refractivity contribution in [3.05, 3.63) is 18.2 Å². The maximum Gasteiger partial charge on any atom is 0.245 e. The van der Waals surface area contributed by atoms with Gasteiger partial charge >= 0.3 is 0 Å². The van der Waals surface area contributed by atoms with Crippen LogP contribution in [-0.4, -0.2) is 58.5 Å². The van der Waals surface area contributed by atoms with Gasteiger partial charge in [-0.25, -0.2) is 8.42 Å². The number of likely N-dealkylation sites (tertiary alicyclic amines) is 1. The summed E-state index contributed by atoms with van der Waals surface area (Å²) in [6.45, 7) is 2.30. The molecule has 3 heterocycles. The van der Waals surface area contributed by atoms with Crippen LogP contribution in [-0.2, 0) is 14.8 Å². The van der Waals surface area contributed by atoms with Crippen molar-refractivity contribution >= 4 is 38.7 Å². The van der Waals surface area contributed by atoms with Crippen molar-refractivity contribution in [2.45, 2.75) is 30.6 Å². The standard InChI is InChI=1S/C16H20N4O3S2/c21-16(19-8-1-2-9-19)12-5-4-10-20(11-12)25(22,23)14-7-3-6-13-15(14)18-24-17-13/h3,6-7,12H,1-2,4-5,8-11H2/t12-/m0/s1. The van der Waals surface area contributed by atoms with Gasteiger partial charge in [0.2, 0.25) is 15.9 Å². The maximum absolute atomic E-state index is 13.1. The third kappa shape index (κ3) is 3.04. The Balaban J connectivity index is 1.60. The zero-order chi connectivity index (χ0) is 17.4. The lowest BCUT2D eigenvalue weighted by Crippen LogP contribution is -2.46. The second kappa shape index (κ2) is 6.62. The third-order valence-corrected chi connectivity index (χ3v) is 7.46. The number of nitrogens with zero attached hydrogens (tertiary/aromatic N) is 4. The third-order valence-electron chi connectivity index (χ3n) is 5.02. The molecule has 1 aromatic carbocycles. The number of amides is 1. The van der Waals surface area contributed by atoms with Crippen LogP contribution in [0, 0.1) is 5.92 Å². The predicted molar refractivity (Wildman–Crippen MR) is 94.7 cm³/mol. The molecule has 0 bridgehead atoms. The first kappa shape index (κ1) is 16.9. The van der Waals surface area contributed by atoms with Crippen molar-refractivity contribution in [3.8, 4) is 0 Å². The molecule has 7 nitrogen and oxygen atoms in total. The lowest BCUT2D eigenvalue weighted by atomic mass is 9.98. The summed E-state index contributed by atoms with van der Waals surface area (Å²) in [7, 11) is -3.68. The van der Waals surface area contributed by atoms with E-state index >= 15 is 0 Å². The zero-order valence-corrected chi connectivity index (χ0v) is 15.4. The Hall–Kier alpha value is -1.58. The van der Waals surface area contributed by atoms with Crippen LogP contribution in [0.1, 0.15) is 25.7 Å². The number of benzene rings is 1. The van der Waals surface area contributed by atoms with E-state index in [0.717, 1.165) is 44.1 Å². The SMILES string of the molecule is O=C([C@H]1CCCN(S(=O)(=O)c2cccc3nsnc23)C1)N1CCCC1. The summed E-state index contributed by atoms with van der Waals surface area (Å²) in [5.41, 5.74) is 1.01. The summed E-state index contributed by atoms with van der Waals surface area (Å²) in [4.78, 5) is 14.7. The predicted octanol–water partition coefficient (Wildman–Crippen LogP) is 1.71. The largest absolute Gasteiger partial charge is 0.342 e. The van der Waals surface area contributed by atoms with E-state index < -0.39 is 10.0 Å². The van der Waals surface area contributed by atoms with Crippen molar-refractivity contribution in [1.82, 2.24) is 18.0 Å². The summed E-state index contributed by atoms with van der Waals surface area (Å²) < 4.78 is 36.0. The topological polar surface area (TPSA) is 83.5 Å². The Labute approximate surface area is 151 Å². The fourth-order valence-electron chi connectivity index (χ4n) is 3.69. The van der Waals surface area contributed by atoms with Gasteiger partial charge in [0.05, 0.1) is 17.6 Å². The highest BCUT2D eigenvalue weighted by molar-refractivity contribution is 7.89. The number of piperidine rings is 1. The van der Waals surface area contributed by atoms with Crippen molar-refractivity contribution < 1.29 is 13.2 Å². The first-order chi connectivity index (χ1) is 12.1. The molecule has 2 aliphatic rings. The molecule has 4 rings (SSSR count). The van der Waals surface area contributed by atoms with Crippen molar-refractivity contribution in [1.29, 1.82) is 0 Å². The summed E-state index contributed by atoms with van der Waals surface area (Å²) in [6.07, 6.45) is 3.54. The summed E-state index contributed by atoms with van der Waals surface area (Å²) >= 11 is 1.01. The molecular weight excluding hydrogens is 360 g/mol. The minimum atomic E-state index is -3.68. The highest BCUT2D eigenvalue weighted by atomic mass is 32.2. The number of aromatic nitrogens is 2. The molecule has 2 aromatic rings. The van der Waals surface area contributed by atoms with Gasteiger partial charge in [0.1, 0.15) is 15.9 Å². The number of carbonyl (C=O) groups is 1. The molecular formula is C16H20N4O3S2. The fourth-order valence-corrected chi connectivity index (χ4v) is 5.96. The van der Waals surface area contributed by atoms with Crippen LogP contribution in [0.25, 0.3) is 11.0 Å². The monoisotopic (exact) mass is 380 g/mol. The van der Waals surface area contributed by atoms with Gasteiger partial charge in [0.15, 0.2) is 0 Å². The molecule has 1 amide bonds. The van der Waals surface area contributed by atoms with Crippen LogP contribution >= 0.6 is 11.7 Å². The summed E-state index contributed by atoms with van der Waals surface area (Å²) in [5, 5.41) is 0. The molecule has 0 N–H and O–H groups in total. The smallest absolute Gasteiger partial charge is 0.245 e. The van der Waals surface area contributed by atoms with Crippen molar-refractivity contribution in [2.75, 3.05) is 26.2 Å². The highest BCUT2D eigenvalue weighted by Crippen LogP contribution is 2.29. The number of sulfonamides is 1. The fraction of sp³-hybridized carbons (Fsp3) is 0.562. The number of hydrogen-bond acceptors (Lipinski definition) is 6. The number of rotatable bonds is 3. The normalized spacial score (nSPS) is 22.6. The van der Waals surface area contributed by atoms with Crippen molar-refractivity contribution in [2.24, 2.45) is 5.92 Å². The Morgan fingerprint density at radius 1 is 1.12 bits per heavy atom. The zero-order valence-electron chi connectivity index (χ0n) is 13.8. The molecule has 9 heteroatoms. The van der Waals surface area contributed by atoms with E-state index in [1.54, 1.807) is 18.2 Å². The van der Waals surface area contributed by atoms with Crippen LogP contribution in [0.2, 0.25) is 0 Å². The van der Waals surface area contributed by atoms with Gasteiger partial charge in [-0.2, -0.15) is 13.1 Å². The second-order valence-electron chi connectivity index (χ2n) is 6.62. The molecule has 2 fully saturated rings. The van der Waals surface area contributed by atoms with Gasteiger partial charge in [-0.1, -0.05) is 6.07 Å². The lowest BCUT2D eigenvalue weighted by Gasteiger charge is -2.33. The highest BCUT2D eigenvalue weighted by Gasteiger charge is 2.36. The first-order valence-corrected chi connectivity index (χ1v) is 10.7. The van der Waals surface area contributed by atoms with E-state index in [2.05, 4.69) is 8.75 Å². The quantitative estimate of drug-likeness (QED) is 0.809. The van der Waals surface area contributed by atoms with E-state index in [0.29, 0.717) is 24.0 Å². The minimum absolute atomic E-state index is 0.103. The summed E-state index contributed by atoms with van der Waals surface area (Å²) in [5.74, 6) is -0.139. The van der Waals surface area contributed by atoms with Crippen LogP contribution in [0.5, 0.6) is 0 Å². The molecule has 0 radical (unpaired) electrons. The molecule has 2 saturated heterocycles. The van der Waals surface area contributed by atoms with Crippen LogP contribution in [0.3, 0.4) is 0 Å². The molecule has 25 heavy (non-hydrogen) atoms. The van der Waals surface area contributed by atoms with Gasteiger partial charge in [-0.3, -0.25) is 4.79 Å². The molecule has 134 valence electrons. The Bertz CT molecular complexity index is 890. The molecule has 0 spiro atoms. The first-order valence-electron chi connectivity index (χ1n) is 8.57. The van der Waals surface area contributed by atoms with E-state index in [1.807, 2.05) is 4.90 Å². The van der Waals surface area contributed by atoms with Crippen LogP contribution in [0.15, 0.2) is 23.1 Å². The van der Waals surface area contributed by atoms with Crippen molar-refractivity contribution in [3.63, 3.8) is 0 Å². The Morgan fingerprint density at radius 3 is 2.72 bits per heavy atom. The van der Waals surface area contributed by atoms with E-state index in [-0.39, 0.29) is 23.3 Å². The molecule has 0 saturated carbocycles. The molecule has 0 aliphatic carbocycles. The maximum atomic E-state index is 13.1. The average Bonchev–Trinajstić information content (AvgIpc) is 3.32. The van der Waals surface area contributed by atoms with E-state index in [1.165, 1.54) is 4.31 Å². The van der Waals surface area contributed by atoms with E-state index in [4.69, 9.17) is 0 Å². The second-order valence-corrected chi connectivity index (χ2v) is 9.06. The number of carbonyl (C=O) groups excluding carboxylic acids is 1. The number of hydrogen-bond donors (Lipinski definition) is 0. The Kier molecular flexibility index (Phi) is 4.47. The van der Waals surface area contributed by atoms with Crippen LogP contribution in [0.4, 0.5) is 0 Å². The minimum Gasteiger partial charge on any atom is -0.342 e. The Morgan fingerprint density at radius 2 is 1.92 bits per heavy atom. The molecule has 1 aromatic heterocycles. The van der Waals surface area contributed by atoms with Gasteiger partial charge < -0.3 is 4.90 Å². The van der Waals surface area contributed by atoms with Gasteiger partial charge in [-0.05, 0) is 37.8 Å². The van der Waals surface area contributed by atoms with Crippen LogP contribution < -0.4 is 0 Å². The molecule has 0 unspecified atom stereocenters. The molecule has 2 aliphatic heterocycles. The van der Waals surface area contributed by atoms with Gasteiger partial charge in [0.25, 0.3) is 0 Å². The number of fused-ring (bicyclic) bond motifs is 1. The lowest BCUT2D eigenvalue weighted by molar-refractivity contribution is -0.135. The van der Waals surface area contributed by atoms with Gasteiger partial charge in [0, 0.05) is 26.2 Å². The summed E-state index contributed by atoms with van der Waals surface area (Å²) in [6, 6.07) is 5.02.